The van der Waals surface area contributed by atoms with Crippen LogP contribution in [0.15, 0.2) is 47.5 Å². The minimum Gasteiger partial charge on any atom is -0.324 e. The summed E-state index contributed by atoms with van der Waals surface area (Å²) >= 11 is 1.54. The van der Waals surface area contributed by atoms with Gasteiger partial charge in [0.2, 0.25) is 5.91 Å². The summed E-state index contributed by atoms with van der Waals surface area (Å²) in [7, 11) is 0. The first-order chi connectivity index (χ1) is 12.4. The highest BCUT2D eigenvalue weighted by molar-refractivity contribution is 7.99. The summed E-state index contributed by atoms with van der Waals surface area (Å²) in [5.41, 5.74) is 4.79. The third kappa shape index (κ3) is 4.22. The van der Waals surface area contributed by atoms with Gasteiger partial charge in [0.1, 0.15) is 5.82 Å². The zero-order valence-electron chi connectivity index (χ0n) is 15.1. The quantitative estimate of drug-likeness (QED) is 0.612. The van der Waals surface area contributed by atoms with E-state index in [0.29, 0.717) is 12.2 Å². The minimum absolute atomic E-state index is 0.202. The maximum absolute atomic E-state index is 13.6. The lowest BCUT2D eigenvalue weighted by Crippen LogP contribution is -2.13. The largest absolute Gasteiger partial charge is 0.324 e. The van der Waals surface area contributed by atoms with E-state index in [9.17, 15) is 9.18 Å². The van der Waals surface area contributed by atoms with E-state index in [1.165, 1.54) is 34.3 Å². The second-order valence-corrected chi connectivity index (χ2v) is 7.50. The summed E-state index contributed by atoms with van der Waals surface area (Å²) in [6, 6.07) is 12.5. The van der Waals surface area contributed by atoms with Crippen LogP contribution in [0.3, 0.4) is 0 Å². The van der Waals surface area contributed by atoms with Crippen molar-refractivity contribution in [2.75, 3.05) is 11.1 Å². The molecule has 26 heavy (non-hydrogen) atoms. The molecule has 1 N–H and O–H groups in total. The van der Waals surface area contributed by atoms with Gasteiger partial charge in [0.05, 0.1) is 16.2 Å². The van der Waals surface area contributed by atoms with Gasteiger partial charge in [-0.3, -0.25) is 4.79 Å². The molecule has 0 aliphatic heterocycles. The van der Waals surface area contributed by atoms with Gasteiger partial charge >= 0.3 is 0 Å². The molecule has 0 aliphatic carbocycles. The fourth-order valence-electron chi connectivity index (χ4n) is 2.91. The molecule has 5 heteroatoms. The number of amides is 1. The Hall–Kier alpha value is -2.40. The van der Waals surface area contributed by atoms with Gasteiger partial charge in [0.15, 0.2) is 0 Å². The summed E-state index contributed by atoms with van der Waals surface area (Å²) in [5, 5.41) is 4.68. The van der Waals surface area contributed by atoms with Crippen molar-refractivity contribution in [3.63, 3.8) is 0 Å². The number of benzene rings is 2. The topological polar surface area (TPSA) is 42.0 Å². The number of aromatic nitrogens is 1. The second kappa shape index (κ2) is 7.87. The van der Waals surface area contributed by atoms with Crippen LogP contribution in [0.4, 0.5) is 10.1 Å². The number of para-hydroxylation sites is 1. The van der Waals surface area contributed by atoms with E-state index in [1.54, 1.807) is 18.2 Å². The Labute approximate surface area is 157 Å². The summed E-state index contributed by atoms with van der Waals surface area (Å²) in [5.74, 6) is -0.0404. The molecule has 3 rings (SSSR count). The minimum atomic E-state index is -0.425. The molecule has 0 aliphatic rings. The fraction of sp³-hybridized carbons (Fsp3) is 0.238. The van der Waals surface area contributed by atoms with Crippen LogP contribution in [0.25, 0.3) is 10.9 Å². The van der Waals surface area contributed by atoms with Crippen LogP contribution < -0.4 is 5.32 Å². The van der Waals surface area contributed by atoms with Crippen LogP contribution in [0.1, 0.15) is 23.1 Å². The molecule has 2 aromatic carbocycles. The normalized spacial score (nSPS) is 10.9. The predicted octanol–water partition coefficient (Wildman–Crippen LogP) is 5.42. The molecule has 1 heterocycles. The smallest absolute Gasteiger partial charge is 0.225 e. The van der Waals surface area contributed by atoms with Gasteiger partial charge in [-0.05, 0) is 56.2 Å². The van der Waals surface area contributed by atoms with Gasteiger partial charge in [-0.1, -0.05) is 23.8 Å². The standard InChI is InChI=1S/C21H21FN2OS/c1-13-10-15(3)21-16(11-13)14(2)12-20(24-21)26-9-8-19(25)23-18-7-5-4-6-17(18)22/h4-7,10-12H,8-9H2,1-3H3,(H,23,25). The van der Waals surface area contributed by atoms with Crippen molar-refractivity contribution in [2.45, 2.75) is 32.2 Å². The van der Waals surface area contributed by atoms with Crippen LogP contribution in [0.2, 0.25) is 0 Å². The van der Waals surface area contributed by atoms with Crippen LogP contribution in [-0.2, 0) is 4.79 Å². The van der Waals surface area contributed by atoms with E-state index in [1.807, 2.05) is 0 Å². The zero-order chi connectivity index (χ0) is 18.7. The first-order valence-corrected chi connectivity index (χ1v) is 9.48. The second-order valence-electron chi connectivity index (χ2n) is 6.38. The molecule has 0 bridgehead atoms. The number of rotatable bonds is 5. The van der Waals surface area contributed by atoms with Crippen LogP contribution in [0.5, 0.6) is 0 Å². The Balaban J connectivity index is 1.65. The lowest BCUT2D eigenvalue weighted by atomic mass is 10.0. The molecule has 1 aromatic heterocycles. The van der Waals surface area contributed by atoms with Crippen molar-refractivity contribution in [3.05, 3.63) is 65.0 Å². The van der Waals surface area contributed by atoms with E-state index in [2.05, 4.69) is 44.3 Å². The molecule has 3 nitrogen and oxygen atoms in total. The Morgan fingerprint density at radius 1 is 1.12 bits per heavy atom. The number of hydrogen-bond donors (Lipinski definition) is 1. The fourth-order valence-corrected chi connectivity index (χ4v) is 3.82. The van der Waals surface area contributed by atoms with E-state index in [-0.39, 0.29) is 11.6 Å². The number of carbonyl (C=O) groups excluding carboxylic acids is 1. The number of aryl methyl sites for hydroxylation is 3. The average Bonchev–Trinajstić information content (AvgIpc) is 2.58. The highest BCUT2D eigenvalue weighted by Gasteiger charge is 2.09. The SMILES string of the molecule is Cc1cc(C)c2nc(SCCC(=O)Nc3ccccc3F)cc(C)c2c1. The Kier molecular flexibility index (Phi) is 5.57. The van der Waals surface area contributed by atoms with Crippen LogP contribution in [0, 0.1) is 26.6 Å². The van der Waals surface area contributed by atoms with Crippen molar-refractivity contribution < 1.29 is 9.18 Å². The van der Waals surface area contributed by atoms with Gasteiger partial charge in [-0.25, -0.2) is 9.37 Å². The molecule has 1 amide bonds. The molecule has 134 valence electrons. The lowest BCUT2D eigenvalue weighted by Gasteiger charge is -2.10. The molecule has 0 spiro atoms. The maximum Gasteiger partial charge on any atom is 0.225 e. The lowest BCUT2D eigenvalue weighted by molar-refractivity contribution is -0.115. The molecule has 0 fully saturated rings. The maximum atomic E-state index is 13.6. The van der Waals surface area contributed by atoms with Crippen molar-refractivity contribution >= 4 is 34.3 Å². The highest BCUT2D eigenvalue weighted by atomic mass is 32.2. The van der Waals surface area contributed by atoms with E-state index >= 15 is 0 Å². The number of anilines is 1. The molecule has 0 saturated heterocycles. The zero-order valence-corrected chi connectivity index (χ0v) is 15.9. The molecule has 3 aromatic rings. The summed E-state index contributed by atoms with van der Waals surface area (Å²) in [6.07, 6.45) is 0.296. The molecule has 0 unspecified atom stereocenters. The Morgan fingerprint density at radius 3 is 2.65 bits per heavy atom. The third-order valence-electron chi connectivity index (χ3n) is 4.16. The predicted molar refractivity (Wildman–Crippen MR) is 106 cm³/mol. The van der Waals surface area contributed by atoms with Gasteiger partial charge in [0.25, 0.3) is 0 Å². The van der Waals surface area contributed by atoms with Crippen molar-refractivity contribution in [3.8, 4) is 0 Å². The number of hydrogen-bond acceptors (Lipinski definition) is 3. The summed E-state index contributed by atoms with van der Waals surface area (Å²) < 4.78 is 13.6. The Bertz CT molecular complexity index is 972. The number of halogens is 1. The number of carbonyl (C=O) groups is 1. The van der Waals surface area contributed by atoms with Crippen LogP contribution >= 0.6 is 11.8 Å². The summed E-state index contributed by atoms with van der Waals surface area (Å²) in [4.78, 5) is 16.8. The third-order valence-corrected chi connectivity index (χ3v) is 5.07. The van der Waals surface area contributed by atoms with Gasteiger partial charge in [-0.2, -0.15) is 0 Å². The van der Waals surface area contributed by atoms with E-state index in [4.69, 9.17) is 4.98 Å². The van der Waals surface area contributed by atoms with E-state index in [0.717, 1.165) is 16.1 Å². The van der Waals surface area contributed by atoms with Gasteiger partial charge in [0, 0.05) is 17.6 Å². The number of nitrogens with zero attached hydrogens (tertiary/aromatic N) is 1. The first kappa shape index (κ1) is 18.4. The molecular formula is C21H21FN2OS. The number of pyridine rings is 1. The summed E-state index contributed by atoms with van der Waals surface area (Å²) in [6.45, 7) is 6.23. The van der Waals surface area contributed by atoms with Crippen LogP contribution in [-0.4, -0.2) is 16.6 Å². The van der Waals surface area contributed by atoms with Crippen molar-refractivity contribution in [2.24, 2.45) is 0 Å². The van der Waals surface area contributed by atoms with Gasteiger partial charge in [-0.15, -0.1) is 11.8 Å². The molecule has 0 atom stereocenters. The average molecular weight is 368 g/mol. The van der Waals surface area contributed by atoms with E-state index < -0.39 is 5.82 Å². The molecule has 0 radical (unpaired) electrons. The monoisotopic (exact) mass is 368 g/mol. The van der Waals surface area contributed by atoms with Crippen molar-refractivity contribution in [1.82, 2.24) is 4.98 Å². The first-order valence-electron chi connectivity index (χ1n) is 8.50. The van der Waals surface area contributed by atoms with Gasteiger partial charge < -0.3 is 5.32 Å². The molecular weight excluding hydrogens is 347 g/mol. The number of thioether (sulfide) groups is 1. The number of fused-ring (bicyclic) bond motifs is 1. The van der Waals surface area contributed by atoms with Crippen molar-refractivity contribution in [1.29, 1.82) is 0 Å². The number of nitrogens with one attached hydrogen (secondary N) is 1. The Morgan fingerprint density at radius 2 is 1.88 bits per heavy atom. The molecule has 0 saturated carbocycles. The highest BCUT2D eigenvalue weighted by Crippen LogP contribution is 2.27.